The number of carbonyl (C=O) groups is 2. The van der Waals surface area contributed by atoms with E-state index in [1.54, 1.807) is 39.5 Å². The summed E-state index contributed by atoms with van der Waals surface area (Å²) in [7, 11) is 0. The lowest BCUT2D eigenvalue weighted by Gasteiger charge is -2.20. The molecule has 6 nitrogen and oxygen atoms in total. The van der Waals surface area contributed by atoms with Crippen LogP contribution in [0.1, 0.15) is 38.5 Å². The van der Waals surface area contributed by atoms with Crippen LogP contribution in [0.15, 0.2) is 59.5 Å². The number of aryl methyl sites for hydroxylation is 1. The number of amides is 2. The van der Waals surface area contributed by atoms with Gasteiger partial charge in [-0.2, -0.15) is 5.10 Å². The lowest BCUT2D eigenvalue weighted by Crippen LogP contribution is -2.30. The van der Waals surface area contributed by atoms with Gasteiger partial charge in [0.15, 0.2) is 5.69 Å². The summed E-state index contributed by atoms with van der Waals surface area (Å²) in [6.07, 6.45) is 2.72. The summed E-state index contributed by atoms with van der Waals surface area (Å²) in [5.41, 5.74) is 2.32. The van der Waals surface area contributed by atoms with Gasteiger partial charge in [-0.1, -0.05) is 24.3 Å². The summed E-state index contributed by atoms with van der Waals surface area (Å²) in [5, 5.41) is 7.21. The highest BCUT2D eigenvalue weighted by molar-refractivity contribution is 7.98. The molecule has 4 rings (SSSR count). The normalized spacial score (nSPS) is 13.6. The second kappa shape index (κ2) is 9.34. The Balaban J connectivity index is 1.44. The molecule has 0 bridgehead atoms. The van der Waals surface area contributed by atoms with E-state index in [4.69, 9.17) is 0 Å². The van der Waals surface area contributed by atoms with Gasteiger partial charge in [-0.15, -0.1) is 11.8 Å². The van der Waals surface area contributed by atoms with Crippen LogP contribution >= 0.6 is 11.8 Å². The van der Waals surface area contributed by atoms with Crippen LogP contribution in [-0.4, -0.2) is 39.3 Å². The van der Waals surface area contributed by atoms with Crippen LogP contribution in [-0.2, 0) is 19.6 Å². The predicted molar refractivity (Wildman–Crippen MR) is 117 cm³/mol. The summed E-state index contributed by atoms with van der Waals surface area (Å²) < 4.78 is 15.1. The van der Waals surface area contributed by atoms with E-state index < -0.39 is 0 Å². The molecule has 1 aromatic heterocycles. The Labute approximate surface area is 184 Å². The molecule has 0 spiro atoms. The molecule has 3 aromatic rings. The maximum absolute atomic E-state index is 13.5. The molecule has 1 aliphatic rings. The first kappa shape index (κ1) is 21.1. The molecule has 8 heteroatoms. The van der Waals surface area contributed by atoms with Gasteiger partial charge in [-0.25, -0.2) is 4.39 Å². The van der Waals surface area contributed by atoms with Gasteiger partial charge >= 0.3 is 0 Å². The molecule has 1 aliphatic heterocycles. The van der Waals surface area contributed by atoms with Gasteiger partial charge in [0.2, 0.25) is 0 Å². The first-order chi connectivity index (χ1) is 15.0. The Morgan fingerprint density at radius 3 is 2.68 bits per heavy atom. The topological polar surface area (TPSA) is 67.2 Å². The lowest BCUT2D eigenvalue weighted by molar-refractivity contribution is 0.0745. The van der Waals surface area contributed by atoms with E-state index in [2.05, 4.69) is 10.4 Å². The number of hydrogen-bond donors (Lipinski definition) is 1. The second-order valence-corrected chi connectivity index (χ2v) is 8.26. The van der Waals surface area contributed by atoms with Crippen LogP contribution < -0.4 is 5.32 Å². The van der Waals surface area contributed by atoms with Gasteiger partial charge in [0, 0.05) is 37.1 Å². The standard InChI is InChI=1S/C23H23FN4O2S/c1-31-19-8-6-16(7-9-19)14-25-22(29)20-13-21-23(30)27(10-3-11-28(21)26-20)15-17-4-2-5-18(24)12-17/h2,4-9,12-13H,3,10-11,14-15H2,1H3,(H,25,29). The van der Waals surface area contributed by atoms with E-state index in [9.17, 15) is 14.0 Å². The van der Waals surface area contributed by atoms with Crippen molar-refractivity contribution in [1.82, 2.24) is 20.0 Å². The third-order valence-corrected chi connectivity index (χ3v) is 5.94. The summed E-state index contributed by atoms with van der Waals surface area (Å²) in [6.45, 7) is 1.79. The monoisotopic (exact) mass is 438 g/mol. The van der Waals surface area contributed by atoms with Crippen molar-refractivity contribution in [3.05, 3.63) is 82.9 Å². The molecule has 2 aromatic carbocycles. The minimum atomic E-state index is -0.327. The second-order valence-electron chi connectivity index (χ2n) is 7.38. The maximum Gasteiger partial charge on any atom is 0.272 e. The van der Waals surface area contributed by atoms with Crippen molar-refractivity contribution in [2.45, 2.75) is 31.0 Å². The van der Waals surface area contributed by atoms with E-state index in [1.165, 1.54) is 12.1 Å². The molecular weight excluding hydrogens is 415 g/mol. The maximum atomic E-state index is 13.5. The average molecular weight is 439 g/mol. The van der Waals surface area contributed by atoms with Crippen LogP contribution in [0.25, 0.3) is 0 Å². The molecule has 0 aliphatic carbocycles. The molecule has 0 fully saturated rings. The van der Waals surface area contributed by atoms with Crippen LogP contribution in [0.2, 0.25) is 0 Å². The third-order valence-electron chi connectivity index (χ3n) is 5.19. The van der Waals surface area contributed by atoms with Crippen molar-refractivity contribution in [3.8, 4) is 0 Å². The molecule has 160 valence electrons. The highest BCUT2D eigenvalue weighted by Gasteiger charge is 2.26. The zero-order valence-electron chi connectivity index (χ0n) is 17.2. The Kier molecular flexibility index (Phi) is 6.36. The van der Waals surface area contributed by atoms with Crippen molar-refractivity contribution >= 4 is 23.6 Å². The van der Waals surface area contributed by atoms with Crippen LogP contribution in [0, 0.1) is 5.82 Å². The first-order valence-electron chi connectivity index (χ1n) is 10.1. The largest absolute Gasteiger partial charge is 0.347 e. The molecular formula is C23H23FN4O2S. The molecule has 31 heavy (non-hydrogen) atoms. The number of benzene rings is 2. The van der Waals surface area contributed by atoms with Crippen molar-refractivity contribution < 1.29 is 14.0 Å². The van der Waals surface area contributed by atoms with Gasteiger partial charge in [0.25, 0.3) is 11.8 Å². The highest BCUT2D eigenvalue weighted by Crippen LogP contribution is 2.18. The molecule has 2 amide bonds. The Morgan fingerprint density at radius 2 is 1.94 bits per heavy atom. The van der Waals surface area contributed by atoms with Crippen LogP contribution in [0.5, 0.6) is 0 Å². The zero-order chi connectivity index (χ0) is 21.8. The molecule has 1 N–H and O–H groups in total. The number of thioether (sulfide) groups is 1. The van der Waals surface area contributed by atoms with Crippen molar-refractivity contribution in [3.63, 3.8) is 0 Å². The van der Waals surface area contributed by atoms with Gasteiger partial charge in [0.05, 0.1) is 0 Å². The number of nitrogens with zero attached hydrogens (tertiary/aromatic N) is 3. The number of carbonyl (C=O) groups excluding carboxylic acids is 2. The molecule has 0 saturated carbocycles. The van der Waals surface area contributed by atoms with Gasteiger partial charge in [-0.05, 0) is 48.1 Å². The van der Waals surface area contributed by atoms with Gasteiger partial charge < -0.3 is 10.2 Å². The Morgan fingerprint density at radius 1 is 1.13 bits per heavy atom. The Bertz CT molecular complexity index is 1100. The lowest BCUT2D eigenvalue weighted by atomic mass is 10.2. The third kappa shape index (κ3) is 4.96. The van der Waals surface area contributed by atoms with E-state index in [0.717, 1.165) is 16.0 Å². The number of aromatic nitrogens is 2. The fraction of sp³-hybridized carbons (Fsp3) is 0.261. The summed E-state index contributed by atoms with van der Waals surface area (Å²) >= 11 is 1.66. The number of nitrogens with one attached hydrogen (secondary N) is 1. The van der Waals surface area contributed by atoms with Crippen molar-refractivity contribution in [2.24, 2.45) is 0 Å². The molecule has 0 unspecified atom stereocenters. The number of hydrogen-bond acceptors (Lipinski definition) is 4. The number of halogens is 1. The average Bonchev–Trinajstić information content (AvgIpc) is 3.15. The number of fused-ring (bicyclic) bond motifs is 1. The fourth-order valence-corrected chi connectivity index (χ4v) is 3.98. The predicted octanol–water partition coefficient (Wildman–Crippen LogP) is 3.72. The van der Waals surface area contributed by atoms with Crippen LogP contribution in [0.3, 0.4) is 0 Å². The fourth-order valence-electron chi connectivity index (χ4n) is 3.57. The molecule has 0 atom stereocenters. The van der Waals surface area contributed by atoms with Gasteiger partial charge in [0.1, 0.15) is 11.5 Å². The van der Waals surface area contributed by atoms with E-state index in [-0.39, 0.29) is 23.3 Å². The summed E-state index contributed by atoms with van der Waals surface area (Å²) in [6, 6.07) is 15.7. The zero-order valence-corrected chi connectivity index (χ0v) is 18.0. The van der Waals surface area contributed by atoms with E-state index in [1.807, 2.05) is 30.5 Å². The SMILES string of the molecule is CSc1ccc(CNC(=O)c2cc3n(n2)CCCN(Cc2cccc(F)c2)C3=O)cc1. The van der Waals surface area contributed by atoms with E-state index in [0.29, 0.717) is 38.3 Å². The summed E-state index contributed by atoms with van der Waals surface area (Å²) in [5.74, 6) is -0.855. The van der Waals surface area contributed by atoms with Crippen LogP contribution in [0.4, 0.5) is 4.39 Å². The van der Waals surface area contributed by atoms with Crippen molar-refractivity contribution in [1.29, 1.82) is 0 Å². The Hall–Kier alpha value is -3.13. The van der Waals surface area contributed by atoms with Crippen molar-refractivity contribution in [2.75, 3.05) is 12.8 Å². The molecule has 0 saturated heterocycles. The van der Waals surface area contributed by atoms with E-state index >= 15 is 0 Å². The minimum Gasteiger partial charge on any atom is -0.347 e. The highest BCUT2D eigenvalue weighted by atomic mass is 32.2. The smallest absolute Gasteiger partial charge is 0.272 e. The first-order valence-corrected chi connectivity index (χ1v) is 11.3. The molecule has 0 radical (unpaired) electrons. The molecule has 2 heterocycles. The number of rotatable bonds is 6. The quantitative estimate of drug-likeness (QED) is 0.596. The minimum absolute atomic E-state index is 0.207. The van der Waals surface area contributed by atoms with Gasteiger partial charge in [-0.3, -0.25) is 14.3 Å². The summed E-state index contributed by atoms with van der Waals surface area (Å²) in [4.78, 5) is 28.5.